The second kappa shape index (κ2) is 6.47. The lowest BCUT2D eigenvalue weighted by Crippen LogP contribution is -2.56. The van der Waals surface area contributed by atoms with Gasteiger partial charge in [0.25, 0.3) is 0 Å². The molecule has 5 fully saturated rings. The molecule has 4 nitrogen and oxygen atoms in total. The first-order chi connectivity index (χ1) is 11.6. The van der Waals surface area contributed by atoms with Gasteiger partial charge >= 0.3 is 0 Å². The van der Waals surface area contributed by atoms with Crippen LogP contribution >= 0.6 is 12.2 Å². The Balaban J connectivity index is 1.32. The Bertz CT molecular complexity index is 477. The van der Waals surface area contributed by atoms with Gasteiger partial charge in [-0.2, -0.15) is 0 Å². The van der Waals surface area contributed by atoms with Gasteiger partial charge in [0.1, 0.15) is 0 Å². The van der Waals surface area contributed by atoms with Crippen molar-refractivity contribution in [3.8, 4) is 0 Å². The second-order valence-electron chi connectivity index (χ2n) is 8.77. The monoisotopic (exact) mass is 349 g/mol. The summed E-state index contributed by atoms with van der Waals surface area (Å²) in [4.78, 5) is 15.4. The van der Waals surface area contributed by atoms with E-state index in [1.807, 2.05) is 0 Å². The molecule has 4 aliphatic carbocycles. The zero-order chi connectivity index (χ0) is 16.7. The second-order valence-corrected chi connectivity index (χ2v) is 9.15. The lowest BCUT2D eigenvalue weighted by molar-refractivity contribution is -0.147. The van der Waals surface area contributed by atoms with Crippen LogP contribution in [-0.2, 0) is 4.79 Å². The molecule has 4 saturated carbocycles. The average molecular weight is 350 g/mol. The van der Waals surface area contributed by atoms with Gasteiger partial charge in [0.2, 0.25) is 5.91 Å². The van der Waals surface area contributed by atoms with E-state index in [0.29, 0.717) is 11.9 Å². The molecule has 0 spiro atoms. The minimum absolute atomic E-state index is 0.00898. The Hall–Kier alpha value is -0.840. The van der Waals surface area contributed by atoms with Crippen LogP contribution in [0.3, 0.4) is 0 Å². The summed E-state index contributed by atoms with van der Waals surface area (Å²) in [6.07, 6.45) is 9.70. The summed E-state index contributed by atoms with van der Waals surface area (Å²) in [7, 11) is 0. The summed E-state index contributed by atoms with van der Waals surface area (Å²) in [6.45, 7) is 4.86. The Kier molecular flexibility index (Phi) is 4.48. The minimum Gasteiger partial charge on any atom is -0.363 e. The first-order valence-corrected chi connectivity index (χ1v) is 10.3. The summed E-state index contributed by atoms with van der Waals surface area (Å²) < 4.78 is 0. The van der Waals surface area contributed by atoms with Crippen molar-refractivity contribution in [2.45, 2.75) is 64.3 Å². The Morgan fingerprint density at radius 2 is 1.62 bits per heavy atom. The fourth-order valence-electron chi connectivity index (χ4n) is 6.22. The van der Waals surface area contributed by atoms with Gasteiger partial charge in [0, 0.05) is 31.1 Å². The highest BCUT2D eigenvalue weighted by atomic mass is 32.1. The number of amides is 1. The van der Waals surface area contributed by atoms with Gasteiger partial charge in [0.05, 0.1) is 0 Å². The Morgan fingerprint density at radius 3 is 2.12 bits per heavy atom. The van der Waals surface area contributed by atoms with E-state index in [1.54, 1.807) is 0 Å². The van der Waals surface area contributed by atoms with Crippen LogP contribution in [0.15, 0.2) is 0 Å². The van der Waals surface area contributed by atoms with Crippen molar-refractivity contribution in [3.05, 3.63) is 0 Å². The predicted molar refractivity (Wildman–Crippen MR) is 99.6 cm³/mol. The molecule has 2 N–H and O–H groups in total. The van der Waals surface area contributed by atoms with Gasteiger partial charge in [-0.05, 0) is 88.3 Å². The van der Waals surface area contributed by atoms with Crippen molar-refractivity contribution in [2.24, 2.45) is 23.2 Å². The van der Waals surface area contributed by atoms with Crippen molar-refractivity contribution in [2.75, 3.05) is 19.6 Å². The lowest BCUT2D eigenvalue weighted by Gasteiger charge is -2.56. The molecule has 5 aliphatic rings. The van der Waals surface area contributed by atoms with Crippen molar-refractivity contribution in [1.29, 1.82) is 0 Å². The molecule has 0 aromatic heterocycles. The van der Waals surface area contributed by atoms with Gasteiger partial charge in [0.15, 0.2) is 5.11 Å². The summed E-state index contributed by atoms with van der Waals surface area (Å²) in [6, 6.07) is 0.339. The normalized spacial score (nSPS) is 38.2. The van der Waals surface area contributed by atoms with Gasteiger partial charge < -0.3 is 15.5 Å². The van der Waals surface area contributed by atoms with Crippen molar-refractivity contribution < 1.29 is 4.79 Å². The highest BCUT2D eigenvalue weighted by Crippen LogP contribution is 2.60. The lowest BCUT2D eigenvalue weighted by atomic mass is 9.49. The molecule has 0 aromatic carbocycles. The van der Waals surface area contributed by atoms with Crippen LogP contribution in [-0.4, -0.2) is 41.6 Å². The number of likely N-dealkylation sites (tertiary alicyclic amines) is 1. The highest BCUT2D eigenvalue weighted by Gasteiger charge is 2.54. The molecule has 4 bridgehead atoms. The third-order valence-corrected chi connectivity index (χ3v) is 7.37. The maximum Gasteiger partial charge on any atom is 0.226 e. The first kappa shape index (κ1) is 16.6. The number of nitrogens with one attached hydrogen (secondary N) is 2. The van der Waals surface area contributed by atoms with Crippen LogP contribution in [0.25, 0.3) is 0 Å². The number of nitrogens with zero attached hydrogens (tertiary/aromatic N) is 1. The quantitative estimate of drug-likeness (QED) is 0.769. The zero-order valence-corrected chi connectivity index (χ0v) is 15.7. The fourth-order valence-corrected chi connectivity index (χ4v) is 6.54. The largest absolute Gasteiger partial charge is 0.363 e. The molecule has 0 radical (unpaired) electrons. The summed E-state index contributed by atoms with van der Waals surface area (Å²) in [5.41, 5.74) is -0.00898. The van der Waals surface area contributed by atoms with E-state index >= 15 is 0 Å². The standard InChI is InChI=1S/C19H31N3OS/c1-2-20-18(24)22-5-3-16(4-6-22)21-17(23)19-10-13-7-14(11-19)9-15(8-13)12-19/h13-16H,2-12H2,1H3,(H,20,24)(H,21,23). The summed E-state index contributed by atoms with van der Waals surface area (Å²) in [5.74, 6) is 2.89. The van der Waals surface area contributed by atoms with E-state index in [9.17, 15) is 4.79 Å². The maximum atomic E-state index is 13.1. The number of hydrogen-bond donors (Lipinski definition) is 2. The molecule has 1 amide bonds. The number of thiocarbonyl (C=S) groups is 1. The third-order valence-electron chi connectivity index (χ3n) is 6.97. The van der Waals surface area contributed by atoms with Gasteiger partial charge in [-0.1, -0.05) is 0 Å². The van der Waals surface area contributed by atoms with Gasteiger partial charge in [-0.3, -0.25) is 4.79 Å². The molecule has 5 heteroatoms. The zero-order valence-electron chi connectivity index (χ0n) is 14.9. The van der Waals surface area contributed by atoms with Gasteiger partial charge in [-0.25, -0.2) is 0 Å². The molecule has 0 atom stereocenters. The molecule has 0 aromatic rings. The molecular weight excluding hydrogens is 318 g/mol. The van der Waals surface area contributed by atoms with E-state index in [2.05, 4.69) is 22.5 Å². The number of carbonyl (C=O) groups is 1. The molecule has 1 saturated heterocycles. The van der Waals surface area contributed by atoms with E-state index < -0.39 is 0 Å². The first-order valence-electron chi connectivity index (χ1n) is 9.92. The highest BCUT2D eigenvalue weighted by molar-refractivity contribution is 7.80. The van der Waals surface area contributed by atoms with E-state index in [1.165, 1.54) is 19.3 Å². The molecule has 5 rings (SSSR count). The molecule has 0 unspecified atom stereocenters. The summed E-state index contributed by atoms with van der Waals surface area (Å²) in [5, 5.41) is 7.53. The van der Waals surface area contributed by atoms with Crippen molar-refractivity contribution >= 4 is 23.2 Å². The number of carbonyl (C=O) groups excluding carboxylic acids is 1. The average Bonchev–Trinajstić information content (AvgIpc) is 2.54. The van der Waals surface area contributed by atoms with Crippen LogP contribution in [0.4, 0.5) is 0 Å². The topological polar surface area (TPSA) is 44.4 Å². The molecule has 134 valence electrons. The minimum atomic E-state index is -0.00898. The van der Waals surface area contributed by atoms with E-state index in [4.69, 9.17) is 12.2 Å². The fraction of sp³-hybridized carbons (Fsp3) is 0.895. The van der Waals surface area contributed by atoms with E-state index in [0.717, 1.165) is 74.6 Å². The number of piperidine rings is 1. The molecule has 24 heavy (non-hydrogen) atoms. The molecule has 1 aliphatic heterocycles. The predicted octanol–water partition coefficient (Wildman–Crippen LogP) is 2.68. The Morgan fingerprint density at radius 1 is 1.08 bits per heavy atom. The van der Waals surface area contributed by atoms with Crippen molar-refractivity contribution in [3.63, 3.8) is 0 Å². The third kappa shape index (κ3) is 3.04. The van der Waals surface area contributed by atoms with Crippen LogP contribution in [0.1, 0.15) is 58.3 Å². The number of rotatable bonds is 3. The molecular formula is C19H31N3OS. The van der Waals surface area contributed by atoms with Crippen molar-refractivity contribution in [1.82, 2.24) is 15.5 Å². The van der Waals surface area contributed by atoms with Gasteiger partial charge in [-0.15, -0.1) is 0 Å². The summed E-state index contributed by atoms with van der Waals surface area (Å²) >= 11 is 5.40. The number of hydrogen-bond acceptors (Lipinski definition) is 2. The van der Waals surface area contributed by atoms with Crippen LogP contribution in [0.5, 0.6) is 0 Å². The maximum absolute atomic E-state index is 13.1. The molecule has 1 heterocycles. The SMILES string of the molecule is CCNC(=S)N1CCC(NC(=O)C23CC4CC(CC(C4)C2)C3)CC1. The van der Waals surface area contributed by atoms with E-state index in [-0.39, 0.29) is 5.41 Å². The smallest absolute Gasteiger partial charge is 0.226 e. The van der Waals surface area contributed by atoms with Crippen LogP contribution in [0.2, 0.25) is 0 Å². The van der Waals surface area contributed by atoms with Crippen LogP contribution in [0, 0.1) is 23.2 Å². The Labute approximate surface area is 151 Å². The van der Waals surface area contributed by atoms with Crippen LogP contribution < -0.4 is 10.6 Å².